The monoisotopic (exact) mass is 875 g/mol. The molecule has 0 aliphatic carbocycles. The van der Waals surface area contributed by atoms with Crippen LogP contribution in [-0.2, 0) is 28.9 Å². The average molecular weight is 876 g/mol. The summed E-state index contributed by atoms with van der Waals surface area (Å²) in [5, 5.41) is 12.2. The molecule has 15 heteroatoms. The largest absolute Gasteiger partial charge is 0.497 e. The quantitative estimate of drug-likeness (QED) is 0.0483. The van der Waals surface area contributed by atoms with Crippen LogP contribution in [-0.4, -0.2) is 83.6 Å². The molecule has 63 heavy (non-hydrogen) atoms. The third kappa shape index (κ3) is 9.28. The van der Waals surface area contributed by atoms with Gasteiger partial charge in [0, 0.05) is 23.8 Å². The van der Waals surface area contributed by atoms with Crippen molar-refractivity contribution in [1.82, 2.24) is 14.2 Å². The molecule has 2 aliphatic heterocycles. The lowest BCUT2D eigenvalue weighted by Gasteiger charge is -2.43. The number of benzene rings is 4. The number of nitriles is 1. The maximum Gasteiger partial charge on any atom is 0.351 e. The third-order valence-electron chi connectivity index (χ3n) is 11.4. The highest BCUT2D eigenvalue weighted by atomic mass is 31.2. The standard InChI is InChI=1S/C48H54N5O9P/c1-32(2)53(33(3)4)63(59-30-14-28-49)62-43-42-45(52-29-27-41(51-46(52)55)50-44(54)35-15-10-8-11-16-35)61-47(43,34(5)60-42)31-58-48(36-17-12-9-13-18-36,37-19-23-39(56-6)24-20-37)38-21-25-40(57-7)26-22-38/h8-13,15-27,29,32-34,42-43,45H,14,30-31H2,1-7H3,(H,50,51,54,55)/t34?,42-,43-,45-,47-,63?/m1/s1. The van der Waals surface area contributed by atoms with Gasteiger partial charge < -0.3 is 38.0 Å². The van der Waals surface area contributed by atoms with Crippen molar-refractivity contribution in [2.45, 2.75) is 88.9 Å². The fourth-order valence-corrected chi connectivity index (χ4v) is 10.1. The highest BCUT2D eigenvalue weighted by molar-refractivity contribution is 7.44. The van der Waals surface area contributed by atoms with Gasteiger partial charge in [0.15, 0.2) is 6.23 Å². The molecule has 6 atom stereocenters. The second kappa shape index (κ2) is 19.9. The van der Waals surface area contributed by atoms with E-state index in [1.54, 1.807) is 44.6 Å². The molecule has 2 bridgehead atoms. The number of carbonyl (C=O) groups excluding carboxylic acids is 1. The molecule has 0 spiro atoms. The van der Waals surface area contributed by atoms with Crippen LogP contribution in [0.4, 0.5) is 5.82 Å². The first-order chi connectivity index (χ1) is 30.4. The first-order valence-corrected chi connectivity index (χ1v) is 22.1. The van der Waals surface area contributed by atoms with E-state index in [0.717, 1.165) is 16.7 Å². The van der Waals surface area contributed by atoms with Crippen LogP contribution in [0.3, 0.4) is 0 Å². The van der Waals surface area contributed by atoms with Crippen LogP contribution in [0.1, 0.15) is 74.3 Å². The van der Waals surface area contributed by atoms with E-state index in [-0.39, 0.29) is 37.5 Å². The molecule has 1 amide bonds. The number of hydrogen-bond donors (Lipinski definition) is 1. The molecular formula is C48H54N5O9P. The summed E-state index contributed by atoms with van der Waals surface area (Å²) in [4.78, 5) is 31.2. The Balaban J connectivity index is 1.33. The van der Waals surface area contributed by atoms with Crippen LogP contribution in [0, 0.1) is 11.3 Å². The van der Waals surface area contributed by atoms with Gasteiger partial charge in [-0.2, -0.15) is 10.2 Å². The maximum absolute atomic E-state index is 14.0. The van der Waals surface area contributed by atoms with E-state index in [1.807, 2.05) is 91.9 Å². The summed E-state index contributed by atoms with van der Waals surface area (Å²) < 4.78 is 49.6. The van der Waals surface area contributed by atoms with E-state index in [1.165, 1.54) is 10.8 Å². The topological polar surface area (TPSA) is 156 Å². The highest BCUT2D eigenvalue weighted by Crippen LogP contribution is 2.58. The summed E-state index contributed by atoms with van der Waals surface area (Å²) in [5.41, 5.74) is -0.352. The van der Waals surface area contributed by atoms with E-state index in [0.29, 0.717) is 17.1 Å². The van der Waals surface area contributed by atoms with Crippen molar-refractivity contribution in [2.75, 3.05) is 32.8 Å². The molecule has 330 valence electrons. The number of anilines is 1. The SMILES string of the molecule is COc1ccc(C(OC[C@@]23O[C@@H](n4ccc(NC(=O)c5ccccc5)nc4=O)[C@H](OC2C)[C@H]3OP(OCCC#N)N(C(C)C)C(C)C)(c2ccccc2)c2ccc(OC)cc2)cc1. The van der Waals surface area contributed by atoms with Crippen LogP contribution >= 0.6 is 8.53 Å². The highest BCUT2D eigenvalue weighted by Gasteiger charge is 2.68. The summed E-state index contributed by atoms with van der Waals surface area (Å²) in [6.45, 7) is 10.2. The molecule has 2 fully saturated rings. The minimum Gasteiger partial charge on any atom is -0.497 e. The Labute approximate surface area is 369 Å². The van der Waals surface area contributed by atoms with Crippen molar-refractivity contribution in [3.63, 3.8) is 0 Å². The van der Waals surface area contributed by atoms with E-state index in [9.17, 15) is 14.9 Å². The second-order valence-electron chi connectivity index (χ2n) is 15.9. The summed E-state index contributed by atoms with van der Waals surface area (Å²) in [6.07, 6.45) is -1.63. The van der Waals surface area contributed by atoms with Gasteiger partial charge in [-0.15, -0.1) is 0 Å². The molecule has 1 N–H and O–H groups in total. The molecule has 3 heterocycles. The Morgan fingerprint density at radius 3 is 2.00 bits per heavy atom. The van der Waals surface area contributed by atoms with E-state index in [2.05, 4.69) is 48.7 Å². The van der Waals surface area contributed by atoms with Crippen LogP contribution in [0.15, 0.2) is 126 Å². The van der Waals surface area contributed by atoms with Crippen molar-refractivity contribution in [2.24, 2.45) is 0 Å². The first kappa shape index (κ1) is 45.5. The Bertz CT molecular complexity index is 2340. The molecule has 2 unspecified atom stereocenters. The Hall–Kier alpha value is -5.49. The summed E-state index contributed by atoms with van der Waals surface area (Å²) in [6, 6.07) is 37.8. The average Bonchev–Trinajstić information content (AvgIpc) is 3.73. The molecule has 2 saturated heterocycles. The van der Waals surface area contributed by atoms with Crippen LogP contribution in [0.2, 0.25) is 0 Å². The van der Waals surface area contributed by atoms with Gasteiger partial charge >= 0.3 is 5.69 Å². The van der Waals surface area contributed by atoms with Gasteiger partial charge in [-0.3, -0.25) is 9.36 Å². The molecule has 2 aliphatic rings. The fraction of sp³-hybridized carbons (Fsp3) is 0.375. The van der Waals surface area contributed by atoms with Gasteiger partial charge in [0.2, 0.25) is 0 Å². The summed E-state index contributed by atoms with van der Waals surface area (Å²) in [7, 11) is 1.43. The van der Waals surface area contributed by atoms with Crippen molar-refractivity contribution >= 4 is 20.3 Å². The van der Waals surface area contributed by atoms with Crippen molar-refractivity contribution < 1.29 is 37.5 Å². The van der Waals surface area contributed by atoms with E-state index in [4.69, 9.17) is 32.7 Å². The van der Waals surface area contributed by atoms with Crippen LogP contribution in [0.5, 0.6) is 11.5 Å². The summed E-state index contributed by atoms with van der Waals surface area (Å²) in [5.74, 6) is 1.04. The molecule has 0 radical (unpaired) electrons. The lowest BCUT2D eigenvalue weighted by Crippen LogP contribution is -2.53. The second-order valence-corrected chi connectivity index (χ2v) is 17.3. The molecule has 7 rings (SSSR count). The predicted molar refractivity (Wildman–Crippen MR) is 238 cm³/mol. The normalized spacial score (nSPS) is 21.1. The molecule has 14 nitrogen and oxygen atoms in total. The number of hydrogen-bond acceptors (Lipinski definition) is 12. The Kier molecular flexibility index (Phi) is 14.4. The number of aromatic nitrogens is 2. The van der Waals surface area contributed by atoms with Crippen molar-refractivity contribution in [3.8, 4) is 17.6 Å². The molecule has 4 aromatic carbocycles. The smallest absolute Gasteiger partial charge is 0.351 e. The van der Waals surface area contributed by atoms with Gasteiger partial charge in [-0.05, 0) is 93.8 Å². The Morgan fingerprint density at radius 1 is 0.889 bits per heavy atom. The van der Waals surface area contributed by atoms with Gasteiger partial charge in [0.25, 0.3) is 14.4 Å². The Morgan fingerprint density at radius 2 is 1.46 bits per heavy atom. The number of rotatable bonds is 19. The lowest BCUT2D eigenvalue weighted by molar-refractivity contribution is -0.231. The van der Waals surface area contributed by atoms with Gasteiger partial charge in [-0.1, -0.05) is 72.8 Å². The zero-order valence-electron chi connectivity index (χ0n) is 36.5. The number of nitrogens with zero attached hydrogens (tertiary/aromatic N) is 4. The number of nitrogens with one attached hydrogen (secondary N) is 1. The maximum atomic E-state index is 14.0. The fourth-order valence-electron chi connectivity index (χ4n) is 8.34. The van der Waals surface area contributed by atoms with Gasteiger partial charge in [-0.25, -0.2) is 9.46 Å². The van der Waals surface area contributed by atoms with E-state index >= 15 is 0 Å². The zero-order valence-corrected chi connectivity index (χ0v) is 37.4. The van der Waals surface area contributed by atoms with Crippen molar-refractivity contribution in [1.29, 1.82) is 5.26 Å². The number of amides is 1. The minimum atomic E-state index is -1.82. The number of fused-ring (bicyclic) bond motifs is 2. The number of ether oxygens (including phenoxy) is 5. The number of methoxy groups -OCH3 is 2. The minimum absolute atomic E-state index is 0.000782. The number of carbonyl (C=O) groups is 1. The first-order valence-electron chi connectivity index (χ1n) is 21.0. The van der Waals surface area contributed by atoms with Gasteiger partial charge in [0.05, 0.1) is 46.0 Å². The van der Waals surface area contributed by atoms with E-state index < -0.39 is 55.9 Å². The molecule has 0 saturated carbocycles. The molecule has 5 aromatic rings. The predicted octanol–water partition coefficient (Wildman–Crippen LogP) is 8.24. The van der Waals surface area contributed by atoms with Crippen molar-refractivity contribution in [3.05, 3.63) is 154 Å². The molecular weight excluding hydrogens is 822 g/mol. The lowest BCUT2D eigenvalue weighted by atomic mass is 9.79. The molecule has 1 aromatic heterocycles. The zero-order chi connectivity index (χ0) is 44.7. The summed E-state index contributed by atoms with van der Waals surface area (Å²) >= 11 is 0. The van der Waals surface area contributed by atoms with Crippen LogP contribution < -0.4 is 20.5 Å². The van der Waals surface area contributed by atoms with Crippen LogP contribution in [0.25, 0.3) is 0 Å². The van der Waals surface area contributed by atoms with Gasteiger partial charge in [0.1, 0.15) is 40.7 Å². The third-order valence-corrected chi connectivity index (χ3v) is 13.5.